The van der Waals surface area contributed by atoms with E-state index in [0.29, 0.717) is 0 Å². The fourth-order valence-electron chi connectivity index (χ4n) is 2.27. The van der Waals surface area contributed by atoms with Crippen molar-refractivity contribution < 1.29 is 10.2 Å². The fraction of sp³-hybridized carbons (Fsp3) is 0.600. The summed E-state index contributed by atoms with van der Waals surface area (Å²) < 4.78 is 0. The number of hydrogen-bond donors (Lipinski definition) is 3. The highest BCUT2D eigenvalue weighted by atomic mass is 16.3. The van der Waals surface area contributed by atoms with Crippen molar-refractivity contribution in [3.05, 3.63) is 23.3 Å². The first-order chi connectivity index (χ1) is 8.12. The lowest BCUT2D eigenvalue weighted by molar-refractivity contribution is 0.421. The summed E-state index contributed by atoms with van der Waals surface area (Å²) in [5.41, 5.74) is 7.14. The first-order valence-electron chi connectivity index (χ1n) is 6.45. The van der Waals surface area contributed by atoms with E-state index in [1.807, 2.05) is 34.6 Å². The van der Waals surface area contributed by atoms with Crippen molar-refractivity contribution in [3.8, 4) is 11.5 Å². The second kappa shape index (κ2) is 5.19. The van der Waals surface area contributed by atoms with Gasteiger partial charge in [0.15, 0.2) is 0 Å². The Labute approximate surface area is 110 Å². The molecule has 1 aromatic rings. The average Bonchev–Trinajstić information content (AvgIpc) is 2.18. The Bertz CT molecular complexity index is 419. The van der Waals surface area contributed by atoms with Crippen molar-refractivity contribution in [2.45, 2.75) is 58.4 Å². The van der Waals surface area contributed by atoms with E-state index in [2.05, 4.69) is 0 Å². The molecule has 0 saturated heterocycles. The van der Waals surface area contributed by atoms with Crippen LogP contribution in [0.4, 0.5) is 0 Å². The average molecular weight is 251 g/mol. The molecule has 0 aliphatic heterocycles. The monoisotopic (exact) mass is 251 g/mol. The maximum Gasteiger partial charge on any atom is 0.123 e. The molecule has 2 atom stereocenters. The minimum atomic E-state index is -0.203. The number of benzene rings is 1. The molecule has 0 bridgehead atoms. The van der Waals surface area contributed by atoms with Crippen LogP contribution in [0, 0.1) is 0 Å². The predicted molar refractivity (Wildman–Crippen MR) is 75.2 cm³/mol. The Balaban J connectivity index is 3.25. The van der Waals surface area contributed by atoms with Crippen LogP contribution < -0.4 is 5.73 Å². The van der Waals surface area contributed by atoms with Gasteiger partial charge in [0.2, 0.25) is 0 Å². The molecular weight excluding hydrogens is 226 g/mol. The molecule has 2 unspecified atom stereocenters. The number of phenolic OH excluding ortho intramolecular Hbond substituents is 2. The molecule has 1 rings (SSSR count). The van der Waals surface area contributed by atoms with Gasteiger partial charge in [-0.15, -0.1) is 0 Å². The molecule has 0 heterocycles. The van der Waals surface area contributed by atoms with Crippen molar-refractivity contribution in [2.75, 3.05) is 0 Å². The van der Waals surface area contributed by atoms with Crippen molar-refractivity contribution in [2.24, 2.45) is 5.73 Å². The maximum atomic E-state index is 10.4. The first-order valence-corrected chi connectivity index (χ1v) is 6.45. The summed E-state index contributed by atoms with van der Waals surface area (Å²) in [6, 6.07) is 3.34. The normalized spacial score (nSPS) is 15.4. The van der Waals surface area contributed by atoms with Gasteiger partial charge in [-0.25, -0.2) is 0 Å². The van der Waals surface area contributed by atoms with Crippen LogP contribution >= 0.6 is 0 Å². The van der Waals surface area contributed by atoms with E-state index in [1.165, 1.54) is 0 Å². The smallest absolute Gasteiger partial charge is 0.123 e. The third-order valence-corrected chi connectivity index (χ3v) is 3.19. The minimum Gasteiger partial charge on any atom is -0.508 e. The third kappa shape index (κ3) is 3.39. The summed E-state index contributed by atoms with van der Waals surface area (Å²) in [5.74, 6) is 0.607. The number of phenols is 2. The van der Waals surface area contributed by atoms with Crippen molar-refractivity contribution in [1.29, 1.82) is 0 Å². The van der Waals surface area contributed by atoms with Gasteiger partial charge in [-0.05, 0) is 36.8 Å². The van der Waals surface area contributed by atoms with Crippen LogP contribution in [-0.4, -0.2) is 16.3 Å². The number of nitrogens with two attached hydrogens (primary N) is 1. The molecule has 18 heavy (non-hydrogen) atoms. The fourth-order valence-corrected chi connectivity index (χ4v) is 2.27. The molecule has 0 radical (unpaired) electrons. The molecule has 0 aliphatic carbocycles. The summed E-state index contributed by atoms with van der Waals surface area (Å²) in [6.45, 7) is 10.0. The van der Waals surface area contributed by atoms with E-state index in [0.717, 1.165) is 17.5 Å². The third-order valence-electron chi connectivity index (χ3n) is 3.19. The molecule has 0 spiro atoms. The second-order valence-corrected chi connectivity index (χ2v) is 6.30. The van der Waals surface area contributed by atoms with E-state index in [9.17, 15) is 10.2 Å². The molecule has 0 aliphatic rings. The lowest BCUT2D eigenvalue weighted by Crippen LogP contribution is -2.18. The van der Waals surface area contributed by atoms with Gasteiger partial charge in [0, 0.05) is 17.2 Å². The Hall–Kier alpha value is -1.22. The van der Waals surface area contributed by atoms with Gasteiger partial charge in [0.05, 0.1) is 0 Å². The number of rotatable bonds is 3. The van der Waals surface area contributed by atoms with Gasteiger partial charge >= 0.3 is 0 Å². The quantitative estimate of drug-likeness (QED) is 0.722. The van der Waals surface area contributed by atoms with E-state index < -0.39 is 0 Å². The van der Waals surface area contributed by atoms with Crippen molar-refractivity contribution >= 4 is 0 Å². The molecule has 102 valence electrons. The van der Waals surface area contributed by atoms with Gasteiger partial charge < -0.3 is 15.9 Å². The summed E-state index contributed by atoms with van der Waals surface area (Å²) in [5, 5.41) is 20.2. The van der Waals surface area contributed by atoms with E-state index in [4.69, 9.17) is 5.73 Å². The van der Waals surface area contributed by atoms with Gasteiger partial charge in [-0.3, -0.25) is 0 Å². The summed E-state index contributed by atoms with van der Waals surface area (Å²) in [4.78, 5) is 0. The number of hydrogen-bond acceptors (Lipinski definition) is 3. The highest BCUT2D eigenvalue weighted by Gasteiger charge is 2.23. The minimum absolute atomic E-state index is 0.0693. The van der Waals surface area contributed by atoms with Crippen LogP contribution in [0.25, 0.3) is 0 Å². The lowest BCUT2D eigenvalue weighted by atomic mass is 9.82. The second-order valence-electron chi connectivity index (χ2n) is 6.30. The van der Waals surface area contributed by atoms with Crippen LogP contribution in [-0.2, 0) is 5.41 Å². The van der Waals surface area contributed by atoms with Crippen molar-refractivity contribution in [1.82, 2.24) is 0 Å². The van der Waals surface area contributed by atoms with Gasteiger partial charge in [-0.1, -0.05) is 27.7 Å². The molecule has 0 aromatic heterocycles. The molecule has 1 aromatic carbocycles. The Kier molecular flexibility index (Phi) is 4.28. The molecule has 4 N–H and O–H groups in total. The van der Waals surface area contributed by atoms with Gasteiger partial charge in [0.1, 0.15) is 11.5 Å². The molecular formula is C15H25NO2. The lowest BCUT2D eigenvalue weighted by Gasteiger charge is -2.24. The maximum absolute atomic E-state index is 10.4. The zero-order chi connectivity index (χ0) is 14.1. The summed E-state index contributed by atoms with van der Waals surface area (Å²) in [6.07, 6.45) is 0.778. The van der Waals surface area contributed by atoms with E-state index in [1.54, 1.807) is 12.1 Å². The van der Waals surface area contributed by atoms with Crippen molar-refractivity contribution in [3.63, 3.8) is 0 Å². The zero-order valence-electron chi connectivity index (χ0n) is 12.0. The van der Waals surface area contributed by atoms with Crippen LogP contribution in [0.2, 0.25) is 0 Å². The molecule has 3 heteroatoms. The van der Waals surface area contributed by atoms with Crippen LogP contribution in [0.5, 0.6) is 11.5 Å². The van der Waals surface area contributed by atoms with Crippen LogP contribution in [0.15, 0.2) is 12.1 Å². The number of aromatic hydroxyl groups is 2. The topological polar surface area (TPSA) is 66.5 Å². The highest BCUT2D eigenvalue weighted by molar-refractivity contribution is 5.50. The SMILES string of the molecule is CC(N)CC(C)c1cc(O)cc(C(C)(C)C)c1O. The largest absolute Gasteiger partial charge is 0.508 e. The van der Waals surface area contributed by atoms with Gasteiger partial charge in [0.25, 0.3) is 0 Å². The van der Waals surface area contributed by atoms with Crippen LogP contribution in [0.3, 0.4) is 0 Å². The Morgan fingerprint density at radius 2 is 1.72 bits per heavy atom. The highest BCUT2D eigenvalue weighted by Crippen LogP contribution is 2.40. The zero-order valence-corrected chi connectivity index (χ0v) is 12.0. The van der Waals surface area contributed by atoms with E-state index in [-0.39, 0.29) is 28.9 Å². The Morgan fingerprint density at radius 1 is 1.17 bits per heavy atom. The first kappa shape index (κ1) is 14.8. The predicted octanol–water partition coefficient (Wildman–Crippen LogP) is 3.24. The molecule has 0 saturated carbocycles. The molecule has 0 fully saturated rings. The van der Waals surface area contributed by atoms with E-state index >= 15 is 0 Å². The van der Waals surface area contributed by atoms with Gasteiger partial charge in [-0.2, -0.15) is 0 Å². The Morgan fingerprint density at radius 3 is 2.17 bits per heavy atom. The summed E-state index contributed by atoms with van der Waals surface area (Å²) in [7, 11) is 0. The van der Waals surface area contributed by atoms with Crippen LogP contribution in [0.1, 0.15) is 58.1 Å². The summed E-state index contributed by atoms with van der Waals surface area (Å²) >= 11 is 0. The molecule has 3 nitrogen and oxygen atoms in total. The molecule has 0 amide bonds. The standard InChI is InChI=1S/C15H25NO2/c1-9(6-10(2)16)12-7-11(17)8-13(14(12)18)15(3,4)5/h7-10,17-18H,6,16H2,1-5H3.